The number of aliphatic hydroxyl groups is 2. The minimum absolute atomic E-state index is 0.0946. The summed E-state index contributed by atoms with van der Waals surface area (Å²) in [4.78, 5) is 15.7. The zero-order valence-electron chi connectivity index (χ0n) is 22.6. The van der Waals surface area contributed by atoms with Crippen molar-refractivity contribution in [3.8, 4) is 28.4 Å². The van der Waals surface area contributed by atoms with E-state index < -0.39 is 24.0 Å². The average Bonchev–Trinajstić information content (AvgIpc) is 2.95. The minimum Gasteiger partial charge on any atom is -0.492 e. The summed E-state index contributed by atoms with van der Waals surface area (Å²) >= 11 is 13.1. The summed E-state index contributed by atoms with van der Waals surface area (Å²) in [7, 11) is 0. The van der Waals surface area contributed by atoms with E-state index in [0.29, 0.717) is 29.4 Å². The van der Waals surface area contributed by atoms with Crippen molar-refractivity contribution in [2.45, 2.75) is 26.6 Å². The lowest BCUT2D eigenvalue weighted by molar-refractivity contribution is 0.0536. The van der Waals surface area contributed by atoms with Crippen LogP contribution < -0.4 is 14.2 Å². The molecule has 7 nitrogen and oxygen atoms in total. The summed E-state index contributed by atoms with van der Waals surface area (Å²) in [6.07, 6.45) is 2.26. The van der Waals surface area contributed by atoms with Gasteiger partial charge in [0.1, 0.15) is 42.4 Å². The number of aliphatic imine (C=N–C) groups is 1. The lowest BCUT2D eigenvalue weighted by Gasteiger charge is -2.26. The van der Waals surface area contributed by atoms with Crippen molar-refractivity contribution < 1.29 is 33.6 Å². The van der Waals surface area contributed by atoms with Gasteiger partial charge in [0.15, 0.2) is 6.29 Å². The predicted octanol–water partition coefficient (Wildman–Crippen LogP) is 6.42. The molecule has 0 amide bonds. The molecule has 1 heterocycles. The Balaban J connectivity index is 1.53. The maximum Gasteiger partial charge on any atom is 0.153 e. The Kier molecular flexibility index (Phi) is 10.0. The van der Waals surface area contributed by atoms with E-state index in [0.717, 1.165) is 22.3 Å². The molecule has 0 aromatic heterocycles. The van der Waals surface area contributed by atoms with E-state index >= 15 is 0 Å². The average molecular weight is 602 g/mol. The van der Waals surface area contributed by atoms with Crippen LogP contribution in [0.5, 0.6) is 17.2 Å². The van der Waals surface area contributed by atoms with E-state index in [-0.39, 0.29) is 36.2 Å². The highest BCUT2D eigenvalue weighted by atomic mass is 35.5. The van der Waals surface area contributed by atoms with Gasteiger partial charge in [-0.05, 0) is 41.8 Å². The third-order valence-corrected chi connectivity index (χ3v) is 7.31. The maximum atomic E-state index is 13.7. The van der Waals surface area contributed by atoms with Crippen LogP contribution in [-0.2, 0) is 6.61 Å². The lowest BCUT2D eigenvalue weighted by Crippen LogP contribution is -2.28. The number of allylic oxidation sites excluding steroid dienone is 1. The summed E-state index contributed by atoms with van der Waals surface area (Å²) in [5.74, 6) is 0.544. The number of aldehydes is 1. The quantitative estimate of drug-likeness (QED) is 0.233. The first-order valence-corrected chi connectivity index (χ1v) is 13.6. The van der Waals surface area contributed by atoms with E-state index in [1.807, 2.05) is 38.1 Å². The SMILES string of the molecule is Cc1c(COc2cc(OCC3(C)C=C(F)C=NC3)c(C=O)cc2Cl)cccc1-c1cccc(OCC(O)CO)c1Cl. The summed E-state index contributed by atoms with van der Waals surface area (Å²) in [5.41, 5.74) is 2.96. The van der Waals surface area contributed by atoms with Gasteiger partial charge < -0.3 is 24.4 Å². The molecule has 0 aliphatic carbocycles. The number of benzene rings is 3. The van der Waals surface area contributed by atoms with Crippen LogP contribution in [0.2, 0.25) is 10.0 Å². The van der Waals surface area contributed by atoms with E-state index in [1.165, 1.54) is 18.4 Å². The molecule has 3 aromatic rings. The number of aliphatic hydroxyl groups excluding tert-OH is 2. The van der Waals surface area contributed by atoms with Crippen molar-refractivity contribution in [2.24, 2.45) is 10.4 Å². The number of hydrogen-bond donors (Lipinski definition) is 2. The standard InChI is InChI=1S/C31H30Cl2FNO6/c1-19-20(5-3-6-24(19)25-7-4-8-27(30(25)33)40-16-23(38)14-37)15-39-29-10-28(21(13-36)9-26(29)32)41-18-31(2)11-22(34)12-35-17-31/h3-13,23,37-38H,14-18H2,1-2H3. The molecule has 0 saturated carbocycles. The van der Waals surface area contributed by atoms with Gasteiger partial charge in [0, 0.05) is 17.0 Å². The second-order valence-electron chi connectivity index (χ2n) is 10.0. The summed E-state index contributed by atoms with van der Waals surface area (Å²) in [6.45, 7) is 3.87. The van der Waals surface area contributed by atoms with Gasteiger partial charge in [-0.15, -0.1) is 0 Å². The molecule has 2 unspecified atom stereocenters. The fourth-order valence-corrected chi connectivity index (χ4v) is 4.83. The normalized spacial score (nSPS) is 17.1. The molecule has 216 valence electrons. The Morgan fingerprint density at radius 1 is 1.07 bits per heavy atom. The highest BCUT2D eigenvalue weighted by Gasteiger charge is 2.26. The Bertz CT molecular complexity index is 1480. The number of rotatable bonds is 12. The lowest BCUT2D eigenvalue weighted by atomic mass is 9.90. The Hall–Kier alpha value is -3.43. The van der Waals surface area contributed by atoms with E-state index in [4.69, 9.17) is 42.5 Å². The van der Waals surface area contributed by atoms with Gasteiger partial charge in [-0.3, -0.25) is 9.79 Å². The highest BCUT2D eigenvalue weighted by molar-refractivity contribution is 6.35. The first-order valence-electron chi connectivity index (χ1n) is 12.9. The summed E-state index contributed by atoms with van der Waals surface area (Å²) in [6, 6.07) is 14.1. The van der Waals surface area contributed by atoms with Gasteiger partial charge in [0.2, 0.25) is 0 Å². The first kappa shape index (κ1) is 30.5. The molecule has 0 fully saturated rings. The molecule has 2 atom stereocenters. The van der Waals surface area contributed by atoms with Crippen LogP contribution in [0.15, 0.2) is 65.4 Å². The van der Waals surface area contributed by atoms with Gasteiger partial charge in [0.05, 0.1) is 41.6 Å². The van der Waals surface area contributed by atoms with Crippen molar-refractivity contribution in [1.29, 1.82) is 0 Å². The molecule has 2 N–H and O–H groups in total. The second kappa shape index (κ2) is 13.5. The van der Waals surface area contributed by atoms with Crippen molar-refractivity contribution >= 4 is 35.7 Å². The minimum atomic E-state index is -1.01. The van der Waals surface area contributed by atoms with Crippen molar-refractivity contribution in [3.63, 3.8) is 0 Å². The first-order chi connectivity index (χ1) is 19.6. The van der Waals surface area contributed by atoms with E-state index in [1.54, 1.807) is 18.2 Å². The smallest absolute Gasteiger partial charge is 0.153 e. The highest BCUT2D eigenvalue weighted by Crippen LogP contribution is 2.38. The fraction of sp³-hybridized carbons (Fsp3) is 0.290. The third kappa shape index (κ3) is 7.45. The van der Waals surface area contributed by atoms with Crippen LogP contribution in [0.25, 0.3) is 11.1 Å². The van der Waals surface area contributed by atoms with Gasteiger partial charge in [-0.2, -0.15) is 0 Å². The van der Waals surface area contributed by atoms with Crippen LogP contribution in [-0.4, -0.2) is 55.2 Å². The van der Waals surface area contributed by atoms with Crippen LogP contribution in [0.4, 0.5) is 4.39 Å². The van der Waals surface area contributed by atoms with Crippen molar-refractivity contribution in [3.05, 3.63) is 87.2 Å². The summed E-state index contributed by atoms with van der Waals surface area (Å²) < 4.78 is 31.3. The predicted molar refractivity (Wildman–Crippen MR) is 158 cm³/mol. The van der Waals surface area contributed by atoms with Crippen LogP contribution in [0.1, 0.15) is 28.4 Å². The number of nitrogens with zero attached hydrogens (tertiary/aromatic N) is 1. The maximum absolute atomic E-state index is 13.7. The molecule has 0 bridgehead atoms. The van der Waals surface area contributed by atoms with Gasteiger partial charge in [-0.1, -0.05) is 60.5 Å². The molecule has 4 rings (SSSR count). The van der Waals surface area contributed by atoms with E-state index in [9.17, 15) is 14.3 Å². The number of ether oxygens (including phenoxy) is 3. The van der Waals surface area contributed by atoms with E-state index in [2.05, 4.69) is 4.99 Å². The van der Waals surface area contributed by atoms with Crippen molar-refractivity contribution in [1.82, 2.24) is 0 Å². The monoisotopic (exact) mass is 601 g/mol. The molecule has 3 aromatic carbocycles. The number of carbonyl (C=O) groups is 1. The number of hydrogen-bond acceptors (Lipinski definition) is 7. The van der Waals surface area contributed by atoms with Crippen LogP contribution >= 0.6 is 23.2 Å². The fourth-order valence-electron chi connectivity index (χ4n) is 4.32. The van der Waals surface area contributed by atoms with Gasteiger partial charge >= 0.3 is 0 Å². The van der Waals surface area contributed by atoms with Crippen molar-refractivity contribution in [2.75, 3.05) is 26.4 Å². The zero-order chi connectivity index (χ0) is 29.6. The molecule has 41 heavy (non-hydrogen) atoms. The molecule has 1 aliphatic rings. The Morgan fingerprint density at radius 3 is 2.56 bits per heavy atom. The molecule has 1 aliphatic heterocycles. The third-order valence-electron chi connectivity index (χ3n) is 6.63. The van der Waals surface area contributed by atoms with Crippen LogP contribution in [0.3, 0.4) is 0 Å². The molecule has 0 radical (unpaired) electrons. The molecular formula is C31H30Cl2FNO6. The topological polar surface area (TPSA) is 97.6 Å². The zero-order valence-corrected chi connectivity index (χ0v) is 24.1. The van der Waals surface area contributed by atoms with Gasteiger partial charge in [0.25, 0.3) is 0 Å². The Morgan fingerprint density at radius 2 is 1.83 bits per heavy atom. The number of halogens is 3. The molecule has 10 heteroatoms. The van der Waals surface area contributed by atoms with Crippen LogP contribution in [0, 0.1) is 12.3 Å². The molecule has 0 spiro atoms. The second-order valence-corrected chi connectivity index (χ2v) is 10.8. The largest absolute Gasteiger partial charge is 0.492 e. The Labute approximate surface area is 247 Å². The van der Waals surface area contributed by atoms with Gasteiger partial charge in [-0.25, -0.2) is 4.39 Å². The molecule has 0 saturated heterocycles. The molecular weight excluding hydrogens is 572 g/mol. The number of carbonyl (C=O) groups excluding carboxylic acids is 1. The number of dihydropyridines is 1. The summed E-state index contributed by atoms with van der Waals surface area (Å²) in [5, 5.41) is 19.3.